The molecule has 3 heterocycles. The molecule has 0 aliphatic carbocycles. The van der Waals surface area contributed by atoms with Crippen LogP contribution in [0, 0.1) is 11.6 Å². The van der Waals surface area contributed by atoms with E-state index in [1.807, 2.05) is 17.0 Å². The summed E-state index contributed by atoms with van der Waals surface area (Å²) >= 11 is 0. The first-order valence-electron chi connectivity index (χ1n) is 9.82. The van der Waals surface area contributed by atoms with Gasteiger partial charge in [-0.2, -0.15) is 4.31 Å². The summed E-state index contributed by atoms with van der Waals surface area (Å²) in [6, 6.07) is 6.84. The number of nitrogens with zero attached hydrogens (tertiary/aromatic N) is 6. The third-order valence-corrected chi connectivity index (χ3v) is 7.49. The van der Waals surface area contributed by atoms with E-state index in [0.717, 1.165) is 54.5 Å². The average Bonchev–Trinajstić information content (AvgIpc) is 2.74. The maximum absolute atomic E-state index is 14.0. The van der Waals surface area contributed by atoms with Gasteiger partial charge in [0.2, 0.25) is 10.0 Å². The molecule has 0 saturated carbocycles. The van der Waals surface area contributed by atoms with Crippen LogP contribution in [0.25, 0.3) is 0 Å². The molecule has 2 saturated heterocycles. The van der Waals surface area contributed by atoms with Gasteiger partial charge in [0.15, 0.2) is 16.5 Å². The van der Waals surface area contributed by atoms with Crippen molar-refractivity contribution in [1.29, 1.82) is 0 Å². The van der Waals surface area contributed by atoms with Crippen molar-refractivity contribution in [2.24, 2.45) is 0 Å². The predicted octanol–water partition coefficient (Wildman–Crippen LogP) is 1.02. The maximum atomic E-state index is 14.0. The van der Waals surface area contributed by atoms with Crippen molar-refractivity contribution in [2.45, 2.75) is 4.90 Å². The lowest BCUT2D eigenvalue weighted by molar-refractivity contribution is 0.312. The first-order valence-corrected chi connectivity index (χ1v) is 11.3. The number of aromatic nitrogens is 2. The zero-order chi connectivity index (χ0) is 21.3. The van der Waals surface area contributed by atoms with E-state index >= 15 is 0 Å². The van der Waals surface area contributed by atoms with Gasteiger partial charge in [-0.25, -0.2) is 17.2 Å². The minimum atomic E-state index is -4.24. The van der Waals surface area contributed by atoms with Crippen LogP contribution >= 0.6 is 0 Å². The highest BCUT2D eigenvalue weighted by atomic mass is 32.2. The van der Waals surface area contributed by atoms with Crippen molar-refractivity contribution in [3.63, 3.8) is 0 Å². The molecule has 2 aromatic rings. The molecule has 0 spiro atoms. The number of anilines is 2. The van der Waals surface area contributed by atoms with Crippen LogP contribution in [0.2, 0.25) is 0 Å². The van der Waals surface area contributed by atoms with Crippen LogP contribution in [-0.2, 0) is 10.0 Å². The average molecular weight is 439 g/mol. The Morgan fingerprint density at radius 3 is 1.70 bits per heavy atom. The Hall–Kier alpha value is -2.37. The van der Waals surface area contributed by atoms with Gasteiger partial charge < -0.3 is 14.7 Å². The summed E-state index contributed by atoms with van der Waals surface area (Å²) in [6.07, 6.45) is 0. The second kappa shape index (κ2) is 8.40. The van der Waals surface area contributed by atoms with Crippen LogP contribution in [0.5, 0.6) is 0 Å². The molecule has 0 atom stereocenters. The summed E-state index contributed by atoms with van der Waals surface area (Å²) in [5, 5.41) is 8.63. The SMILES string of the molecule is CN1CCN(c2ccc(N3CCN(S(=O)(=O)c4c(F)cccc4F)CC3)nn2)CC1. The number of hydrogen-bond donors (Lipinski definition) is 0. The number of likely N-dealkylation sites (N-methyl/N-ethyl adjacent to an activating group) is 1. The first kappa shape index (κ1) is 20.9. The van der Waals surface area contributed by atoms with Gasteiger partial charge in [-0.1, -0.05) is 6.07 Å². The van der Waals surface area contributed by atoms with Crippen LogP contribution in [-0.4, -0.2) is 87.2 Å². The van der Waals surface area contributed by atoms with Crippen molar-refractivity contribution in [3.8, 4) is 0 Å². The van der Waals surface area contributed by atoms with Crippen LogP contribution < -0.4 is 9.80 Å². The fourth-order valence-corrected chi connectivity index (χ4v) is 5.24. The van der Waals surface area contributed by atoms with E-state index < -0.39 is 26.6 Å². The zero-order valence-electron chi connectivity index (χ0n) is 16.7. The number of rotatable bonds is 4. The molecular weight excluding hydrogens is 414 g/mol. The highest BCUT2D eigenvalue weighted by Gasteiger charge is 2.33. The van der Waals surface area contributed by atoms with E-state index in [1.54, 1.807) is 0 Å². The second-order valence-corrected chi connectivity index (χ2v) is 9.36. The molecule has 2 aliphatic heterocycles. The molecule has 162 valence electrons. The molecule has 0 amide bonds. The van der Waals surface area contributed by atoms with Gasteiger partial charge >= 0.3 is 0 Å². The lowest BCUT2D eigenvalue weighted by atomic mass is 10.3. The molecule has 4 rings (SSSR count). The van der Waals surface area contributed by atoms with Crippen LogP contribution in [0.3, 0.4) is 0 Å². The molecule has 2 aliphatic rings. The van der Waals surface area contributed by atoms with Gasteiger partial charge in [0, 0.05) is 52.4 Å². The summed E-state index contributed by atoms with van der Waals surface area (Å²) in [6.45, 7) is 4.68. The van der Waals surface area contributed by atoms with Crippen LogP contribution in [0.15, 0.2) is 35.2 Å². The number of halogens is 2. The van der Waals surface area contributed by atoms with Crippen molar-refractivity contribution in [3.05, 3.63) is 42.0 Å². The smallest absolute Gasteiger partial charge is 0.249 e. The van der Waals surface area contributed by atoms with Crippen molar-refractivity contribution in [2.75, 3.05) is 69.2 Å². The number of sulfonamides is 1. The van der Waals surface area contributed by atoms with E-state index in [4.69, 9.17) is 0 Å². The molecule has 1 aromatic carbocycles. The first-order chi connectivity index (χ1) is 14.4. The normalized spacial score (nSPS) is 19.3. The molecule has 0 bridgehead atoms. The van der Waals surface area contributed by atoms with Gasteiger partial charge in [0.25, 0.3) is 0 Å². The van der Waals surface area contributed by atoms with E-state index in [9.17, 15) is 17.2 Å². The summed E-state index contributed by atoms with van der Waals surface area (Å²) in [5.41, 5.74) is 0. The quantitative estimate of drug-likeness (QED) is 0.706. The lowest BCUT2D eigenvalue weighted by Crippen LogP contribution is -2.49. The van der Waals surface area contributed by atoms with Gasteiger partial charge in [-0.3, -0.25) is 0 Å². The van der Waals surface area contributed by atoms with Crippen LogP contribution in [0.4, 0.5) is 20.4 Å². The molecule has 0 unspecified atom stereocenters. The Balaban J connectivity index is 1.41. The van der Waals surface area contributed by atoms with E-state index in [2.05, 4.69) is 27.0 Å². The molecule has 0 N–H and O–H groups in total. The van der Waals surface area contributed by atoms with E-state index in [1.165, 1.54) is 0 Å². The molecule has 30 heavy (non-hydrogen) atoms. The minimum absolute atomic E-state index is 0.109. The number of piperazine rings is 2. The Labute approximate surface area is 174 Å². The van der Waals surface area contributed by atoms with Gasteiger partial charge in [-0.05, 0) is 31.3 Å². The molecule has 11 heteroatoms. The topological polar surface area (TPSA) is 72.9 Å². The summed E-state index contributed by atoms with van der Waals surface area (Å²) in [7, 11) is -2.15. The Morgan fingerprint density at radius 2 is 1.23 bits per heavy atom. The Kier molecular flexibility index (Phi) is 5.85. The van der Waals surface area contributed by atoms with Gasteiger partial charge in [0.1, 0.15) is 11.6 Å². The van der Waals surface area contributed by atoms with Gasteiger partial charge in [-0.15, -0.1) is 10.2 Å². The fraction of sp³-hybridized carbons (Fsp3) is 0.474. The Morgan fingerprint density at radius 1 is 0.767 bits per heavy atom. The monoisotopic (exact) mass is 438 g/mol. The Bertz CT molecular complexity index is 968. The maximum Gasteiger partial charge on any atom is 0.249 e. The minimum Gasteiger partial charge on any atom is -0.353 e. The standard InChI is InChI=1S/C19H24F2N6O2S/c1-24-7-9-25(10-8-24)17-5-6-18(23-22-17)26-11-13-27(14-12-26)30(28,29)19-15(20)3-2-4-16(19)21/h2-6H,7-14H2,1H3. The number of hydrogen-bond acceptors (Lipinski definition) is 7. The highest BCUT2D eigenvalue weighted by Crippen LogP contribution is 2.25. The molecule has 1 aromatic heterocycles. The second-order valence-electron chi connectivity index (χ2n) is 7.48. The third-order valence-electron chi connectivity index (χ3n) is 5.54. The van der Waals surface area contributed by atoms with E-state index in [-0.39, 0.29) is 13.1 Å². The fourth-order valence-electron chi connectivity index (χ4n) is 3.71. The van der Waals surface area contributed by atoms with Crippen molar-refractivity contribution >= 4 is 21.7 Å². The van der Waals surface area contributed by atoms with E-state index in [0.29, 0.717) is 18.9 Å². The van der Waals surface area contributed by atoms with Crippen molar-refractivity contribution < 1.29 is 17.2 Å². The largest absolute Gasteiger partial charge is 0.353 e. The van der Waals surface area contributed by atoms with Crippen LogP contribution in [0.1, 0.15) is 0 Å². The summed E-state index contributed by atoms with van der Waals surface area (Å²) in [5.74, 6) is -0.685. The van der Waals surface area contributed by atoms with Gasteiger partial charge in [0.05, 0.1) is 0 Å². The number of benzene rings is 1. The lowest BCUT2D eigenvalue weighted by Gasteiger charge is -2.35. The van der Waals surface area contributed by atoms with Crippen molar-refractivity contribution in [1.82, 2.24) is 19.4 Å². The predicted molar refractivity (Wildman–Crippen MR) is 109 cm³/mol. The zero-order valence-corrected chi connectivity index (χ0v) is 17.5. The third kappa shape index (κ3) is 4.09. The molecule has 2 fully saturated rings. The highest BCUT2D eigenvalue weighted by molar-refractivity contribution is 7.89. The molecular formula is C19H24F2N6O2S. The summed E-state index contributed by atoms with van der Waals surface area (Å²) < 4.78 is 54.5. The molecule has 8 nitrogen and oxygen atoms in total. The molecule has 0 radical (unpaired) electrons. The summed E-state index contributed by atoms with van der Waals surface area (Å²) in [4.78, 5) is 5.48.